The summed E-state index contributed by atoms with van der Waals surface area (Å²) in [5.74, 6) is -0.817. The number of nitro groups is 1. The number of benzene rings is 2. The Labute approximate surface area is 150 Å². The van der Waals surface area contributed by atoms with E-state index in [0.717, 1.165) is 24.3 Å². The molecule has 0 radical (unpaired) electrons. The van der Waals surface area contributed by atoms with Crippen LogP contribution in [0.5, 0.6) is 0 Å². The van der Waals surface area contributed by atoms with Crippen molar-refractivity contribution in [3.8, 4) is 5.69 Å². The monoisotopic (exact) mass is 376 g/mol. The highest BCUT2D eigenvalue weighted by molar-refractivity contribution is 6.04. The Morgan fingerprint density at radius 2 is 1.85 bits per heavy atom. The molecule has 1 heterocycles. The Morgan fingerprint density at radius 1 is 1.15 bits per heavy atom. The third kappa shape index (κ3) is 3.94. The number of rotatable bonds is 4. The topological polar surface area (TPSA) is 90.1 Å². The summed E-state index contributed by atoms with van der Waals surface area (Å²) in [5.41, 5.74) is -1.52. The molecule has 0 aliphatic carbocycles. The molecule has 0 aliphatic heterocycles. The van der Waals surface area contributed by atoms with Crippen molar-refractivity contribution in [1.29, 1.82) is 0 Å². The summed E-state index contributed by atoms with van der Waals surface area (Å²) in [6, 6.07) is 9.48. The van der Waals surface area contributed by atoms with E-state index >= 15 is 0 Å². The molecular weight excluding hydrogens is 365 g/mol. The zero-order valence-electron chi connectivity index (χ0n) is 13.5. The molecular formula is C17H11F3N4O3. The zero-order chi connectivity index (χ0) is 19.6. The first-order valence-electron chi connectivity index (χ1n) is 7.53. The molecule has 1 N–H and O–H groups in total. The van der Waals surface area contributed by atoms with Gasteiger partial charge in [-0.2, -0.15) is 18.3 Å². The summed E-state index contributed by atoms with van der Waals surface area (Å²) in [6.07, 6.45) is -1.79. The maximum atomic E-state index is 13.4. The average Bonchev–Trinajstić information content (AvgIpc) is 3.16. The second-order valence-corrected chi connectivity index (χ2v) is 5.44. The third-order valence-electron chi connectivity index (χ3n) is 3.67. The van der Waals surface area contributed by atoms with Gasteiger partial charge in [0.2, 0.25) is 0 Å². The lowest BCUT2D eigenvalue weighted by molar-refractivity contribution is -0.384. The van der Waals surface area contributed by atoms with Gasteiger partial charge in [-0.15, -0.1) is 0 Å². The minimum absolute atomic E-state index is 0.00937. The van der Waals surface area contributed by atoms with E-state index in [1.807, 2.05) is 0 Å². The van der Waals surface area contributed by atoms with Gasteiger partial charge in [-0.1, -0.05) is 0 Å². The Bertz CT molecular complexity index is 984. The number of nitrogens with zero attached hydrogens (tertiary/aromatic N) is 3. The smallest absolute Gasteiger partial charge is 0.321 e. The van der Waals surface area contributed by atoms with Crippen LogP contribution in [0.25, 0.3) is 5.69 Å². The van der Waals surface area contributed by atoms with Crippen LogP contribution in [0, 0.1) is 10.1 Å². The fourth-order valence-corrected chi connectivity index (χ4v) is 2.37. The molecule has 3 rings (SSSR count). The van der Waals surface area contributed by atoms with Crippen molar-refractivity contribution in [1.82, 2.24) is 9.78 Å². The minimum Gasteiger partial charge on any atom is -0.321 e. The summed E-state index contributed by atoms with van der Waals surface area (Å²) in [6.45, 7) is 0. The predicted molar refractivity (Wildman–Crippen MR) is 89.6 cm³/mol. The Morgan fingerprint density at radius 3 is 2.41 bits per heavy atom. The Hall–Kier alpha value is -3.69. The lowest BCUT2D eigenvalue weighted by Crippen LogP contribution is -2.17. The van der Waals surface area contributed by atoms with E-state index in [9.17, 15) is 28.1 Å². The molecule has 7 nitrogen and oxygen atoms in total. The predicted octanol–water partition coefficient (Wildman–Crippen LogP) is 4.05. The largest absolute Gasteiger partial charge is 0.418 e. The standard InChI is InChI=1S/C17H11F3N4O3/c18-17(19,20)14-10-13(23-9-1-8-21-23)6-7-15(14)22-16(25)11-2-4-12(5-3-11)24(26)27/h1-10H,(H,22,25). The number of non-ortho nitro benzene ring substituents is 1. The molecule has 1 amide bonds. The van der Waals surface area contributed by atoms with Gasteiger partial charge in [0, 0.05) is 30.1 Å². The van der Waals surface area contributed by atoms with E-state index < -0.39 is 28.3 Å². The second-order valence-electron chi connectivity index (χ2n) is 5.44. The number of alkyl halides is 3. The summed E-state index contributed by atoms with van der Waals surface area (Å²) in [7, 11) is 0. The second kappa shape index (κ2) is 6.90. The van der Waals surface area contributed by atoms with Crippen LogP contribution < -0.4 is 5.32 Å². The quantitative estimate of drug-likeness (QED) is 0.549. The van der Waals surface area contributed by atoms with E-state index in [-0.39, 0.29) is 16.9 Å². The molecule has 0 saturated heterocycles. The molecule has 10 heteroatoms. The highest BCUT2D eigenvalue weighted by Gasteiger charge is 2.34. The van der Waals surface area contributed by atoms with Crippen LogP contribution in [0.4, 0.5) is 24.5 Å². The Balaban J connectivity index is 1.91. The van der Waals surface area contributed by atoms with E-state index in [1.54, 1.807) is 6.07 Å². The number of hydrogen-bond acceptors (Lipinski definition) is 4. The number of amides is 1. The summed E-state index contributed by atoms with van der Waals surface area (Å²) in [5, 5.41) is 16.7. The molecule has 0 spiro atoms. The molecule has 3 aromatic rings. The summed E-state index contributed by atoms with van der Waals surface area (Å²) in [4.78, 5) is 22.2. The minimum atomic E-state index is -4.71. The van der Waals surface area contributed by atoms with E-state index in [2.05, 4.69) is 10.4 Å². The van der Waals surface area contributed by atoms with E-state index in [0.29, 0.717) is 0 Å². The van der Waals surface area contributed by atoms with Crippen LogP contribution >= 0.6 is 0 Å². The van der Waals surface area contributed by atoms with Gasteiger partial charge in [0.25, 0.3) is 11.6 Å². The lowest BCUT2D eigenvalue weighted by Gasteiger charge is -2.15. The Kier molecular flexibility index (Phi) is 4.63. The van der Waals surface area contributed by atoms with Crippen LogP contribution in [-0.4, -0.2) is 20.6 Å². The van der Waals surface area contributed by atoms with Gasteiger partial charge in [-0.25, -0.2) is 4.68 Å². The normalized spacial score (nSPS) is 11.2. The SMILES string of the molecule is O=C(Nc1ccc(-n2cccn2)cc1C(F)(F)F)c1ccc([N+](=O)[O-])cc1. The maximum absolute atomic E-state index is 13.4. The lowest BCUT2D eigenvalue weighted by atomic mass is 10.1. The van der Waals surface area contributed by atoms with Crippen LogP contribution in [0.1, 0.15) is 15.9 Å². The van der Waals surface area contributed by atoms with Crippen molar-refractivity contribution in [2.24, 2.45) is 0 Å². The molecule has 0 saturated carbocycles. The number of nitro benzene ring substituents is 1. The van der Waals surface area contributed by atoms with Gasteiger partial charge in [0.05, 0.1) is 21.9 Å². The van der Waals surface area contributed by atoms with Crippen molar-refractivity contribution < 1.29 is 22.9 Å². The first kappa shape index (κ1) is 18.1. The molecule has 0 aliphatic rings. The van der Waals surface area contributed by atoms with Crippen molar-refractivity contribution in [3.05, 3.63) is 82.2 Å². The van der Waals surface area contributed by atoms with Crippen LogP contribution in [0.2, 0.25) is 0 Å². The third-order valence-corrected chi connectivity index (χ3v) is 3.67. The van der Waals surface area contributed by atoms with Gasteiger partial charge < -0.3 is 5.32 Å². The summed E-state index contributed by atoms with van der Waals surface area (Å²) < 4.78 is 41.5. The first-order valence-corrected chi connectivity index (χ1v) is 7.53. The molecule has 138 valence electrons. The number of carbonyl (C=O) groups excluding carboxylic acids is 1. The van der Waals surface area contributed by atoms with Crippen LogP contribution in [0.15, 0.2) is 60.9 Å². The first-order chi connectivity index (χ1) is 12.8. The van der Waals surface area contributed by atoms with Crippen LogP contribution in [0.3, 0.4) is 0 Å². The van der Waals surface area contributed by atoms with Crippen molar-refractivity contribution in [3.63, 3.8) is 0 Å². The zero-order valence-corrected chi connectivity index (χ0v) is 13.5. The molecule has 0 fully saturated rings. The molecule has 27 heavy (non-hydrogen) atoms. The molecule has 2 aromatic carbocycles. The van der Waals surface area contributed by atoms with Crippen LogP contribution in [-0.2, 0) is 6.18 Å². The maximum Gasteiger partial charge on any atom is 0.418 e. The number of nitrogens with one attached hydrogen (secondary N) is 1. The molecule has 1 aromatic heterocycles. The van der Waals surface area contributed by atoms with Gasteiger partial charge in [0.15, 0.2) is 0 Å². The van der Waals surface area contributed by atoms with Gasteiger partial charge in [-0.3, -0.25) is 14.9 Å². The van der Waals surface area contributed by atoms with Crippen molar-refractivity contribution in [2.75, 3.05) is 5.32 Å². The number of anilines is 1. The molecule has 0 bridgehead atoms. The molecule has 0 atom stereocenters. The average molecular weight is 376 g/mol. The fraction of sp³-hybridized carbons (Fsp3) is 0.0588. The number of aromatic nitrogens is 2. The fourth-order valence-electron chi connectivity index (χ4n) is 2.37. The van der Waals surface area contributed by atoms with Gasteiger partial charge >= 0.3 is 6.18 Å². The van der Waals surface area contributed by atoms with E-state index in [1.165, 1.54) is 35.3 Å². The van der Waals surface area contributed by atoms with Gasteiger partial charge in [0.1, 0.15) is 0 Å². The highest BCUT2D eigenvalue weighted by Crippen LogP contribution is 2.36. The van der Waals surface area contributed by atoms with Crippen molar-refractivity contribution >= 4 is 17.3 Å². The molecule has 0 unspecified atom stereocenters. The number of carbonyl (C=O) groups is 1. The number of hydrogen-bond donors (Lipinski definition) is 1. The summed E-state index contributed by atoms with van der Waals surface area (Å²) >= 11 is 0. The van der Waals surface area contributed by atoms with E-state index in [4.69, 9.17) is 0 Å². The highest BCUT2D eigenvalue weighted by atomic mass is 19.4. The van der Waals surface area contributed by atoms with Crippen molar-refractivity contribution in [2.45, 2.75) is 6.18 Å². The van der Waals surface area contributed by atoms with Gasteiger partial charge in [-0.05, 0) is 36.4 Å². The number of halogens is 3.